The van der Waals surface area contributed by atoms with Gasteiger partial charge in [0.15, 0.2) is 0 Å². The summed E-state index contributed by atoms with van der Waals surface area (Å²) in [6.07, 6.45) is 1.87. The largest absolute Gasteiger partial charge is 0.341 e. The first-order valence-electron chi connectivity index (χ1n) is 2.53. The number of hydrogen-bond donors (Lipinski definition) is 0. The fraction of sp³-hybridized carbons (Fsp3) is 0.167. The van der Waals surface area contributed by atoms with Gasteiger partial charge in [0.1, 0.15) is 4.64 Å². The van der Waals surface area contributed by atoms with E-state index in [1.54, 1.807) is 10.6 Å². The number of pyridine rings is 1. The van der Waals surface area contributed by atoms with Gasteiger partial charge in [-0.3, -0.25) is 0 Å². The van der Waals surface area contributed by atoms with Crippen molar-refractivity contribution < 1.29 is 0 Å². The van der Waals surface area contributed by atoms with Crippen LogP contribution in [0.25, 0.3) is 0 Å². The van der Waals surface area contributed by atoms with Crippen LogP contribution in [0.5, 0.6) is 0 Å². The average Bonchev–Trinajstić information content (AvgIpc) is 1.83. The van der Waals surface area contributed by atoms with Crippen LogP contribution in [0.15, 0.2) is 18.3 Å². The molecule has 0 fully saturated rings. The third kappa shape index (κ3) is 1.32. The van der Waals surface area contributed by atoms with Crippen molar-refractivity contribution in [2.24, 2.45) is 7.05 Å². The molecule has 0 aliphatic carbocycles. The van der Waals surface area contributed by atoms with Crippen molar-refractivity contribution in [1.82, 2.24) is 4.57 Å². The van der Waals surface area contributed by atoms with Crippen LogP contribution in [0.4, 0.5) is 0 Å². The zero-order valence-corrected chi connectivity index (χ0v) is 6.54. The Morgan fingerprint density at radius 1 is 1.67 bits per heavy atom. The van der Waals surface area contributed by atoms with Crippen molar-refractivity contribution >= 4 is 23.8 Å². The minimum absolute atomic E-state index is 0.634. The zero-order chi connectivity index (χ0) is 6.85. The van der Waals surface area contributed by atoms with Crippen molar-refractivity contribution in [3.63, 3.8) is 0 Å². The van der Waals surface area contributed by atoms with E-state index in [2.05, 4.69) is 0 Å². The molecule has 0 saturated carbocycles. The van der Waals surface area contributed by atoms with Crippen molar-refractivity contribution in [2.45, 2.75) is 0 Å². The van der Waals surface area contributed by atoms with E-state index in [0.29, 0.717) is 9.66 Å². The van der Waals surface area contributed by atoms with Crippen molar-refractivity contribution in [2.75, 3.05) is 0 Å². The van der Waals surface area contributed by atoms with Crippen molar-refractivity contribution in [1.29, 1.82) is 0 Å². The maximum atomic E-state index is 5.69. The molecule has 1 heterocycles. The topological polar surface area (TPSA) is 4.93 Å². The molecule has 0 aliphatic rings. The summed E-state index contributed by atoms with van der Waals surface area (Å²) in [5.41, 5.74) is 0. The monoisotopic (exact) mass is 159 g/mol. The Kier molecular flexibility index (Phi) is 1.88. The molecule has 9 heavy (non-hydrogen) atoms. The van der Waals surface area contributed by atoms with Gasteiger partial charge in [-0.05, 0) is 12.1 Å². The van der Waals surface area contributed by atoms with E-state index < -0.39 is 0 Å². The summed E-state index contributed by atoms with van der Waals surface area (Å²) >= 11 is 10.6. The molecule has 0 N–H and O–H groups in total. The zero-order valence-electron chi connectivity index (χ0n) is 4.97. The standard InChI is InChI=1S/C6H6ClNS/c1-8-4-2-3-5(7)6(8)9/h2-4H,1H3. The van der Waals surface area contributed by atoms with E-state index in [4.69, 9.17) is 23.8 Å². The third-order valence-electron chi connectivity index (χ3n) is 1.08. The summed E-state index contributed by atoms with van der Waals surface area (Å²) in [6.45, 7) is 0. The summed E-state index contributed by atoms with van der Waals surface area (Å²) in [5.74, 6) is 0. The Balaban J connectivity index is 3.43. The lowest BCUT2D eigenvalue weighted by Gasteiger charge is -1.96. The van der Waals surface area contributed by atoms with Gasteiger partial charge in [-0.15, -0.1) is 0 Å². The Labute approximate surface area is 63.9 Å². The lowest BCUT2D eigenvalue weighted by molar-refractivity contribution is 0.888. The summed E-state index contributed by atoms with van der Waals surface area (Å²) in [6, 6.07) is 3.64. The van der Waals surface area contributed by atoms with Gasteiger partial charge in [0.25, 0.3) is 0 Å². The fourth-order valence-corrected chi connectivity index (χ4v) is 0.899. The molecule has 1 aromatic rings. The average molecular weight is 160 g/mol. The van der Waals surface area contributed by atoms with Gasteiger partial charge in [-0.25, -0.2) is 0 Å². The SMILES string of the molecule is Cn1cccc(Cl)c1=S. The van der Waals surface area contributed by atoms with E-state index in [9.17, 15) is 0 Å². The predicted molar refractivity (Wildman–Crippen MR) is 41.3 cm³/mol. The highest BCUT2D eigenvalue weighted by atomic mass is 35.5. The molecular weight excluding hydrogens is 154 g/mol. The van der Waals surface area contributed by atoms with Gasteiger partial charge in [0, 0.05) is 13.2 Å². The second kappa shape index (κ2) is 2.50. The van der Waals surface area contributed by atoms with Crippen LogP contribution < -0.4 is 0 Å². The Morgan fingerprint density at radius 2 is 2.33 bits per heavy atom. The summed E-state index contributed by atoms with van der Waals surface area (Å²) in [5, 5.41) is 0.634. The quantitative estimate of drug-likeness (QED) is 0.527. The highest BCUT2D eigenvalue weighted by molar-refractivity contribution is 7.71. The Bertz CT molecular complexity index is 243. The van der Waals surface area contributed by atoms with Gasteiger partial charge in [-0.1, -0.05) is 23.8 Å². The molecular formula is C6H6ClNS. The van der Waals surface area contributed by atoms with Gasteiger partial charge in [0.05, 0.1) is 5.02 Å². The second-order valence-electron chi connectivity index (χ2n) is 1.77. The molecule has 0 amide bonds. The van der Waals surface area contributed by atoms with E-state index in [0.717, 1.165) is 0 Å². The summed E-state index contributed by atoms with van der Waals surface area (Å²) in [4.78, 5) is 0. The van der Waals surface area contributed by atoms with Gasteiger partial charge < -0.3 is 4.57 Å². The molecule has 0 radical (unpaired) electrons. The first-order chi connectivity index (χ1) is 4.22. The summed E-state index contributed by atoms with van der Waals surface area (Å²) in [7, 11) is 1.87. The Morgan fingerprint density at radius 3 is 2.78 bits per heavy atom. The van der Waals surface area contributed by atoms with Crippen molar-refractivity contribution in [3.8, 4) is 0 Å². The van der Waals surface area contributed by atoms with Crippen LogP contribution in [0.3, 0.4) is 0 Å². The van der Waals surface area contributed by atoms with Crippen LogP contribution in [-0.4, -0.2) is 4.57 Å². The first kappa shape index (κ1) is 6.78. The number of halogens is 1. The molecule has 0 unspecified atom stereocenters. The Hall–Kier alpha value is -0.340. The van der Waals surface area contributed by atoms with Crippen LogP contribution in [0.2, 0.25) is 5.02 Å². The molecule has 0 bridgehead atoms. The second-order valence-corrected chi connectivity index (χ2v) is 2.57. The molecule has 0 spiro atoms. The maximum absolute atomic E-state index is 5.69. The molecule has 1 nitrogen and oxygen atoms in total. The van der Waals surface area contributed by atoms with E-state index in [-0.39, 0.29) is 0 Å². The molecule has 0 aliphatic heterocycles. The van der Waals surface area contributed by atoms with Gasteiger partial charge >= 0.3 is 0 Å². The minimum Gasteiger partial charge on any atom is -0.341 e. The fourth-order valence-electron chi connectivity index (χ4n) is 0.564. The molecule has 1 aromatic heterocycles. The molecule has 3 heteroatoms. The number of nitrogens with zero attached hydrogens (tertiary/aromatic N) is 1. The normalized spacial score (nSPS) is 9.56. The molecule has 0 saturated heterocycles. The lowest BCUT2D eigenvalue weighted by atomic mass is 10.5. The third-order valence-corrected chi connectivity index (χ3v) is 2.00. The smallest absolute Gasteiger partial charge is 0.124 e. The minimum atomic E-state index is 0.634. The van der Waals surface area contributed by atoms with Crippen LogP contribution >= 0.6 is 23.8 Å². The number of hydrogen-bond acceptors (Lipinski definition) is 1. The number of rotatable bonds is 0. The number of aromatic nitrogens is 1. The highest BCUT2D eigenvalue weighted by Crippen LogP contribution is 2.07. The van der Waals surface area contributed by atoms with E-state index in [1.165, 1.54) is 0 Å². The predicted octanol–water partition coefficient (Wildman–Crippen LogP) is 2.41. The van der Waals surface area contributed by atoms with Crippen LogP contribution in [-0.2, 0) is 7.05 Å². The molecule has 0 aromatic carbocycles. The molecule has 0 atom stereocenters. The van der Waals surface area contributed by atoms with Gasteiger partial charge in [0.2, 0.25) is 0 Å². The van der Waals surface area contributed by atoms with E-state index in [1.807, 2.05) is 19.3 Å². The van der Waals surface area contributed by atoms with Crippen molar-refractivity contribution in [3.05, 3.63) is 28.0 Å². The maximum Gasteiger partial charge on any atom is 0.124 e. The summed E-state index contributed by atoms with van der Waals surface area (Å²) < 4.78 is 2.48. The van der Waals surface area contributed by atoms with Gasteiger partial charge in [-0.2, -0.15) is 0 Å². The number of aryl methyl sites for hydroxylation is 1. The lowest BCUT2D eigenvalue weighted by Crippen LogP contribution is -1.89. The first-order valence-corrected chi connectivity index (χ1v) is 3.31. The van der Waals surface area contributed by atoms with Crippen LogP contribution in [0, 0.1) is 4.64 Å². The molecule has 1 rings (SSSR count). The highest BCUT2D eigenvalue weighted by Gasteiger charge is 1.88. The van der Waals surface area contributed by atoms with Crippen LogP contribution in [0.1, 0.15) is 0 Å². The van der Waals surface area contributed by atoms with E-state index >= 15 is 0 Å². The molecule has 48 valence electrons.